The molecule has 1 atom stereocenters. The van der Waals surface area contributed by atoms with Crippen LogP contribution >= 0.6 is 0 Å². The molecule has 0 saturated carbocycles. The third kappa shape index (κ3) is 3.28. The first-order valence-electron chi connectivity index (χ1n) is 5.41. The fourth-order valence-corrected chi connectivity index (χ4v) is 1.94. The van der Waals surface area contributed by atoms with Crippen molar-refractivity contribution in [1.82, 2.24) is 4.90 Å². The van der Waals surface area contributed by atoms with Crippen molar-refractivity contribution in [2.45, 2.75) is 32.7 Å². The molecule has 14 heavy (non-hydrogen) atoms. The Morgan fingerprint density at radius 1 is 1.57 bits per heavy atom. The second-order valence-corrected chi connectivity index (χ2v) is 3.99. The molecule has 80 valence electrons. The molecule has 0 aromatic heterocycles. The van der Waals surface area contributed by atoms with Crippen LogP contribution in [0.3, 0.4) is 0 Å². The zero-order valence-electron chi connectivity index (χ0n) is 9.24. The number of aliphatic hydroxyl groups excluding tert-OH is 1. The van der Waals surface area contributed by atoms with Crippen LogP contribution in [0.5, 0.6) is 0 Å². The summed E-state index contributed by atoms with van der Waals surface area (Å²) in [6.07, 6.45) is 8.62. The summed E-state index contributed by atoms with van der Waals surface area (Å²) in [6.45, 7) is 6.60. The summed E-state index contributed by atoms with van der Waals surface area (Å²) in [5.74, 6) is 0. The van der Waals surface area contributed by atoms with Crippen LogP contribution in [0.4, 0.5) is 0 Å². The zero-order chi connectivity index (χ0) is 10.4. The van der Waals surface area contributed by atoms with Gasteiger partial charge in [0, 0.05) is 12.6 Å². The van der Waals surface area contributed by atoms with Gasteiger partial charge in [-0.05, 0) is 33.2 Å². The highest BCUT2D eigenvalue weighted by Crippen LogP contribution is 2.17. The van der Waals surface area contributed by atoms with E-state index in [4.69, 9.17) is 5.11 Å². The van der Waals surface area contributed by atoms with Gasteiger partial charge in [-0.3, -0.25) is 4.90 Å². The van der Waals surface area contributed by atoms with E-state index in [0.717, 1.165) is 19.5 Å². The molecule has 0 aliphatic carbocycles. The third-order valence-corrected chi connectivity index (χ3v) is 2.74. The van der Waals surface area contributed by atoms with E-state index in [9.17, 15) is 0 Å². The minimum atomic E-state index is 0.302. The normalized spacial score (nSPS) is 25.1. The monoisotopic (exact) mass is 195 g/mol. The van der Waals surface area contributed by atoms with Gasteiger partial charge in [0.05, 0.1) is 6.61 Å². The molecule has 1 saturated heterocycles. The van der Waals surface area contributed by atoms with Crippen molar-refractivity contribution in [2.24, 2.45) is 0 Å². The quantitative estimate of drug-likeness (QED) is 0.693. The number of allylic oxidation sites excluding steroid dienone is 3. The van der Waals surface area contributed by atoms with Gasteiger partial charge in [-0.15, -0.1) is 0 Å². The summed E-state index contributed by atoms with van der Waals surface area (Å²) in [5.41, 5.74) is 1.36. The molecule has 1 fully saturated rings. The standard InChI is InChI=1S/C12H21NO/c1-3-4-6-11(2)9-13-8-5-7-12(13)10-14/h3-4,6,12,14H,5,7-10H2,1-2H3/b4-3-,11-6+/t12-/m0/s1. The minimum Gasteiger partial charge on any atom is -0.395 e. The Labute approximate surface area is 86.9 Å². The smallest absolute Gasteiger partial charge is 0.0587 e. The van der Waals surface area contributed by atoms with Crippen LogP contribution in [-0.2, 0) is 0 Å². The summed E-state index contributed by atoms with van der Waals surface area (Å²) in [4.78, 5) is 2.37. The molecule has 0 amide bonds. The van der Waals surface area contributed by atoms with E-state index in [1.807, 2.05) is 13.0 Å². The Hall–Kier alpha value is -0.600. The molecule has 2 nitrogen and oxygen atoms in total. The third-order valence-electron chi connectivity index (χ3n) is 2.74. The highest BCUT2D eigenvalue weighted by Gasteiger charge is 2.22. The maximum atomic E-state index is 9.15. The van der Waals surface area contributed by atoms with Crippen molar-refractivity contribution in [2.75, 3.05) is 19.7 Å². The molecule has 2 heteroatoms. The van der Waals surface area contributed by atoms with Crippen LogP contribution in [-0.4, -0.2) is 35.7 Å². The van der Waals surface area contributed by atoms with E-state index in [1.54, 1.807) is 0 Å². The van der Waals surface area contributed by atoms with E-state index in [-0.39, 0.29) is 0 Å². The number of nitrogens with zero attached hydrogens (tertiary/aromatic N) is 1. The average molecular weight is 195 g/mol. The predicted octanol–water partition coefficient (Wildman–Crippen LogP) is 1.97. The summed E-state index contributed by atoms with van der Waals surface area (Å²) >= 11 is 0. The number of likely N-dealkylation sites (tertiary alicyclic amines) is 1. The maximum Gasteiger partial charge on any atom is 0.0587 e. The van der Waals surface area contributed by atoms with Crippen LogP contribution in [0.1, 0.15) is 26.7 Å². The fourth-order valence-electron chi connectivity index (χ4n) is 1.94. The second-order valence-electron chi connectivity index (χ2n) is 3.99. The van der Waals surface area contributed by atoms with Crippen LogP contribution < -0.4 is 0 Å². The van der Waals surface area contributed by atoms with Crippen LogP contribution in [0, 0.1) is 0 Å². The molecule has 0 radical (unpaired) electrons. The molecule has 0 aromatic rings. The van der Waals surface area contributed by atoms with E-state index < -0.39 is 0 Å². The topological polar surface area (TPSA) is 23.5 Å². The van der Waals surface area contributed by atoms with Crippen LogP contribution in [0.25, 0.3) is 0 Å². The molecule has 1 rings (SSSR count). The Kier molecular flexibility index (Phi) is 4.91. The zero-order valence-corrected chi connectivity index (χ0v) is 9.24. The van der Waals surface area contributed by atoms with E-state index >= 15 is 0 Å². The van der Waals surface area contributed by atoms with Gasteiger partial charge < -0.3 is 5.11 Å². The predicted molar refractivity (Wildman–Crippen MR) is 60.3 cm³/mol. The first kappa shape index (κ1) is 11.5. The Bertz CT molecular complexity index is 220. The SMILES string of the molecule is C/C=C\C=C(/C)CN1CCC[C@H]1CO. The number of hydrogen-bond acceptors (Lipinski definition) is 2. The van der Waals surface area contributed by atoms with Crippen molar-refractivity contribution < 1.29 is 5.11 Å². The van der Waals surface area contributed by atoms with Gasteiger partial charge in [0.25, 0.3) is 0 Å². The van der Waals surface area contributed by atoms with Crippen molar-refractivity contribution in [3.8, 4) is 0 Å². The van der Waals surface area contributed by atoms with Gasteiger partial charge in [-0.1, -0.05) is 23.8 Å². The molecular formula is C12H21NO. The van der Waals surface area contributed by atoms with Crippen molar-refractivity contribution >= 4 is 0 Å². The average Bonchev–Trinajstić information content (AvgIpc) is 2.62. The van der Waals surface area contributed by atoms with Crippen molar-refractivity contribution in [3.05, 3.63) is 23.8 Å². The Balaban J connectivity index is 2.42. The lowest BCUT2D eigenvalue weighted by Gasteiger charge is -2.22. The number of hydrogen-bond donors (Lipinski definition) is 1. The highest BCUT2D eigenvalue weighted by atomic mass is 16.3. The van der Waals surface area contributed by atoms with Gasteiger partial charge in [0.15, 0.2) is 0 Å². The molecule has 0 unspecified atom stereocenters. The Morgan fingerprint density at radius 3 is 3.00 bits per heavy atom. The number of aliphatic hydroxyl groups is 1. The van der Waals surface area contributed by atoms with Crippen LogP contribution in [0.2, 0.25) is 0 Å². The molecule has 1 N–H and O–H groups in total. The van der Waals surface area contributed by atoms with Crippen molar-refractivity contribution in [1.29, 1.82) is 0 Å². The lowest BCUT2D eigenvalue weighted by molar-refractivity contribution is 0.167. The summed E-state index contributed by atoms with van der Waals surface area (Å²) in [5, 5.41) is 9.15. The van der Waals surface area contributed by atoms with Gasteiger partial charge >= 0.3 is 0 Å². The molecule has 1 heterocycles. The molecule has 0 bridgehead atoms. The number of rotatable bonds is 4. The lowest BCUT2D eigenvalue weighted by Crippen LogP contribution is -2.33. The summed E-state index contributed by atoms with van der Waals surface area (Å²) < 4.78 is 0. The van der Waals surface area contributed by atoms with Gasteiger partial charge in [0.1, 0.15) is 0 Å². The Morgan fingerprint density at radius 2 is 2.36 bits per heavy atom. The summed E-state index contributed by atoms with van der Waals surface area (Å²) in [7, 11) is 0. The molecule has 1 aliphatic rings. The molecular weight excluding hydrogens is 174 g/mol. The summed E-state index contributed by atoms with van der Waals surface area (Å²) in [6, 6.07) is 0.393. The van der Waals surface area contributed by atoms with E-state index in [2.05, 4.69) is 24.0 Å². The van der Waals surface area contributed by atoms with E-state index in [1.165, 1.54) is 12.0 Å². The van der Waals surface area contributed by atoms with E-state index in [0.29, 0.717) is 12.6 Å². The molecule has 0 aromatic carbocycles. The van der Waals surface area contributed by atoms with Gasteiger partial charge in [0.2, 0.25) is 0 Å². The fraction of sp³-hybridized carbons (Fsp3) is 0.667. The van der Waals surface area contributed by atoms with Crippen molar-refractivity contribution in [3.63, 3.8) is 0 Å². The highest BCUT2D eigenvalue weighted by molar-refractivity contribution is 5.11. The lowest BCUT2D eigenvalue weighted by atomic mass is 10.2. The first-order chi connectivity index (χ1) is 6.77. The molecule has 0 spiro atoms. The second kappa shape index (κ2) is 5.99. The largest absolute Gasteiger partial charge is 0.395 e. The maximum absolute atomic E-state index is 9.15. The minimum absolute atomic E-state index is 0.302. The first-order valence-corrected chi connectivity index (χ1v) is 5.41. The van der Waals surface area contributed by atoms with Gasteiger partial charge in [-0.25, -0.2) is 0 Å². The van der Waals surface area contributed by atoms with Gasteiger partial charge in [-0.2, -0.15) is 0 Å². The molecule has 1 aliphatic heterocycles. The van der Waals surface area contributed by atoms with Crippen LogP contribution in [0.15, 0.2) is 23.8 Å².